The van der Waals surface area contributed by atoms with Crippen LogP contribution in [0.15, 0.2) is 78.4 Å². The number of hydrogen-bond acceptors (Lipinski definition) is 6. The van der Waals surface area contributed by atoms with Crippen molar-refractivity contribution in [3.63, 3.8) is 0 Å². The van der Waals surface area contributed by atoms with Crippen LogP contribution in [-0.2, 0) is 19.2 Å². The number of carbonyl (C=O) groups excluding carboxylic acids is 4. The zero-order valence-electron chi connectivity index (χ0n) is 24.5. The lowest BCUT2D eigenvalue weighted by Crippen LogP contribution is -2.48. The number of carbonyl (C=O) groups is 4. The van der Waals surface area contributed by atoms with Crippen molar-refractivity contribution in [2.45, 2.75) is 32.6 Å². The normalized spacial score (nSPS) is 29.4. The maximum absolute atomic E-state index is 14.4. The number of phenols is 1. The number of ether oxygens (including phenoxy) is 1. The van der Waals surface area contributed by atoms with Gasteiger partial charge in [0.05, 0.1) is 41.7 Å². The van der Waals surface area contributed by atoms with Crippen LogP contribution in [0.2, 0.25) is 5.02 Å². The van der Waals surface area contributed by atoms with Crippen LogP contribution in [-0.4, -0.2) is 35.8 Å². The Morgan fingerprint density at radius 2 is 1.64 bits per heavy atom. The van der Waals surface area contributed by atoms with Crippen molar-refractivity contribution in [3.8, 4) is 11.5 Å². The van der Waals surface area contributed by atoms with Gasteiger partial charge < -0.3 is 9.84 Å². The Hall–Kier alpha value is -4.43. The number of amides is 4. The van der Waals surface area contributed by atoms with E-state index >= 15 is 0 Å². The van der Waals surface area contributed by atoms with Crippen LogP contribution < -0.4 is 14.5 Å². The van der Waals surface area contributed by atoms with Gasteiger partial charge in [0.2, 0.25) is 23.6 Å². The summed E-state index contributed by atoms with van der Waals surface area (Å²) in [4.78, 5) is 59.1. The molecule has 2 heterocycles. The van der Waals surface area contributed by atoms with Gasteiger partial charge in [-0.2, -0.15) is 0 Å². The fourth-order valence-electron chi connectivity index (χ4n) is 8.05. The molecule has 2 aliphatic heterocycles. The van der Waals surface area contributed by atoms with Gasteiger partial charge in [0.25, 0.3) is 0 Å². The Morgan fingerprint density at radius 3 is 2.32 bits per heavy atom. The average Bonchev–Trinajstić information content (AvgIpc) is 3.38. The predicted molar refractivity (Wildman–Crippen MR) is 164 cm³/mol. The zero-order chi connectivity index (χ0) is 31.1. The third-order valence-corrected chi connectivity index (χ3v) is 10.7. The Labute approximate surface area is 259 Å². The summed E-state index contributed by atoms with van der Waals surface area (Å²) in [6.45, 7) is 3.64. The van der Waals surface area contributed by atoms with E-state index in [0.29, 0.717) is 34.1 Å². The Balaban J connectivity index is 1.37. The van der Waals surface area contributed by atoms with E-state index in [2.05, 4.69) is 0 Å². The number of para-hydroxylation sites is 1. The number of nitrogens with zero attached hydrogens (tertiary/aromatic N) is 2. The van der Waals surface area contributed by atoms with E-state index in [1.54, 1.807) is 61.5 Å². The zero-order valence-corrected chi connectivity index (χ0v) is 25.2. The van der Waals surface area contributed by atoms with Crippen molar-refractivity contribution in [3.05, 3.63) is 94.5 Å². The maximum Gasteiger partial charge on any atom is 0.241 e. The van der Waals surface area contributed by atoms with Gasteiger partial charge in [-0.15, -0.1) is 0 Å². The van der Waals surface area contributed by atoms with E-state index in [9.17, 15) is 24.3 Å². The molecule has 3 fully saturated rings. The van der Waals surface area contributed by atoms with Crippen LogP contribution in [0.5, 0.6) is 11.5 Å². The number of methoxy groups -OCH3 is 1. The molecule has 0 spiro atoms. The summed E-state index contributed by atoms with van der Waals surface area (Å²) >= 11 is 6.38. The molecule has 9 heteroatoms. The largest absolute Gasteiger partial charge is 0.508 e. The summed E-state index contributed by atoms with van der Waals surface area (Å²) in [6, 6.07) is 18.9. The third kappa shape index (κ3) is 3.83. The number of benzene rings is 3. The van der Waals surface area contributed by atoms with E-state index < -0.39 is 35.0 Å². The van der Waals surface area contributed by atoms with Gasteiger partial charge in [-0.25, -0.2) is 9.80 Å². The molecule has 7 rings (SSSR count). The van der Waals surface area contributed by atoms with Crippen LogP contribution >= 0.6 is 11.6 Å². The van der Waals surface area contributed by atoms with Gasteiger partial charge in [-0.3, -0.25) is 19.2 Å². The summed E-state index contributed by atoms with van der Waals surface area (Å²) in [5, 5.41) is 11.8. The highest BCUT2D eigenvalue weighted by atomic mass is 35.5. The molecule has 3 aromatic carbocycles. The number of halogens is 1. The molecule has 0 bridgehead atoms. The standard InChI is InChI=1S/C35H31ClN2O6/c1-18-9-10-20(15-27(18)36)37-31(40)24-14-13-22-25(29(24)33(37)42)17-26-32(41)38(19-7-5-4-6-8-19)34(43)35(26,2)30(22)23-12-11-21(44-3)16-28(23)39/h4-13,15-16,24-26,29-30,39H,14,17H2,1-3H3/t24-,25+,26-,29-,30+,35+/m0/s1. The van der Waals surface area contributed by atoms with Gasteiger partial charge >= 0.3 is 0 Å². The van der Waals surface area contributed by atoms with Crippen LogP contribution in [0.1, 0.15) is 36.8 Å². The smallest absolute Gasteiger partial charge is 0.241 e. The lowest BCUT2D eigenvalue weighted by Gasteiger charge is -2.49. The molecule has 1 N–H and O–H groups in total. The van der Waals surface area contributed by atoms with Gasteiger partial charge in [-0.1, -0.05) is 53.6 Å². The van der Waals surface area contributed by atoms with Crippen LogP contribution in [0.4, 0.5) is 11.4 Å². The first kappa shape index (κ1) is 28.3. The summed E-state index contributed by atoms with van der Waals surface area (Å²) < 4.78 is 5.32. The summed E-state index contributed by atoms with van der Waals surface area (Å²) in [6.07, 6.45) is 2.49. The molecule has 44 heavy (non-hydrogen) atoms. The van der Waals surface area contributed by atoms with Crippen LogP contribution in [0, 0.1) is 36.0 Å². The highest BCUT2D eigenvalue weighted by Gasteiger charge is 2.68. The maximum atomic E-state index is 14.4. The third-order valence-electron chi connectivity index (χ3n) is 10.3. The number of rotatable bonds is 4. The lowest BCUT2D eigenvalue weighted by atomic mass is 9.51. The van der Waals surface area contributed by atoms with E-state index in [1.807, 2.05) is 19.1 Å². The Morgan fingerprint density at radius 1 is 0.886 bits per heavy atom. The fraction of sp³-hybridized carbons (Fsp3) is 0.314. The van der Waals surface area contributed by atoms with Gasteiger partial charge in [0.15, 0.2) is 0 Å². The molecule has 4 amide bonds. The first-order valence-corrected chi connectivity index (χ1v) is 15.1. The van der Waals surface area contributed by atoms with Crippen molar-refractivity contribution in [1.82, 2.24) is 0 Å². The molecule has 224 valence electrons. The second kappa shape index (κ2) is 10.1. The predicted octanol–water partition coefficient (Wildman–Crippen LogP) is 5.80. The molecule has 6 atom stereocenters. The lowest BCUT2D eigenvalue weighted by molar-refractivity contribution is -0.131. The number of anilines is 2. The molecule has 2 saturated heterocycles. The van der Waals surface area contributed by atoms with E-state index in [-0.39, 0.29) is 35.8 Å². The number of aromatic hydroxyl groups is 1. The van der Waals surface area contributed by atoms with Crippen LogP contribution in [0.3, 0.4) is 0 Å². The highest BCUT2D eigenvalue weighted by molar-refractivity contribution is 6.32. The number of fused-ring (bicyclic) bond motifs is 4. The van der Waals surface area contributed by atoms with Gasteiger partial charge in [0, 0.05) is 22.6 Å². The number of phenolic OH excluding ortho intramolecular Hbond substituents is 1. The van der Waals surface area contributed by atoms with E-state index in [4.69, 9.17) is 16.3 Å². The van der Waals surface area contributed by atoms with E-state index in [0.717, 1.165) is 11.1 Å². The van der Waals surface area contributed by atoms with Crippen molar-refractivity contribution < 1.29 is 29.0 Å². The van der Waals surface area contributed by atoms with Crippen molar-refractivity contribution >= 4 is 46.6 Å². The first-order valence-electron chi connectivity index (χ1n) is 14.7. The SMILES string of the molecule is COc1ccc([C@H]2C3=CC[C@@H]4C(=O)N(c5ccc(C)c(Cl)c5)C(=O)[C@@H]4[C@@H]3C[C@H]3C(=O)N(c4ccccc4)C(=O)[C@@]23C)c(O)c1. The molecule has 8 nitrogen and oxygen atoms in total. The van der Waals surface area contributed by atoms with E-state index in [1.165, 1.54) is 23.0 Å². The molecular formula is C35H31ClN2O6. The molecule has 2 aliphatic carbocycles. The van der Waals surface area contributed by atoms with Crippen LogP contribution in [0.25, 0.3) is 0 Å². The minimum atomic E-state index is -1.25. The van der Waals surface area contributed by atoms with Crippen molar-refractivity contribution in [2.24, 2.45) is 29.1 Å². The number of imide groups is 2. The minimum Gasteiger partial charge on any atom is -0.508 e. The summed E-state index contributed by atoms with van der Waals surface area (Å²) in [5.41, 5.74) is 1.74. The molecule has 4 aliphatic rings. The second-order valence-electron chi connectivity index (χ2n) is 12.4. The average molecular weight is 611 g/mol. The Bertz CT molecular complexity index is 1790. The Kier molecular flexibility index (Phi) is 6.48. The van der Waals surface area contributed by atoms with Crippen molar-refractivity contribution in [1.29, 1.82) is 0 Å². The number of hydrogen-bond donors (Lipinski definition) is 1. The molecular weight excluding hydrogens is 580 g/mol. The topological polar surface area (TPSA) is 104 Å². The second-order valence-corrected chi connectivity index (χ2v) is 12.8. The molecule has 0 unspecified atom stereocenters. The highest BCUT2D eigenvalue weighted by Crippen LogP contribution is 2.64. The van der Waals surface area contributed by atoms with Gasteiger partial charge in [-0.05, 0) is 68.5 Å². The summed E-state index contributed by atoms with van der Waals surface area (Å²) in [5.74, 6) is -4.28. The van der Waals surface area contributed by atoms with Crippen molar-refractivity contribution in [2.75, 3.05) is 16.9 Å². The fourth-order valence-corrected chi connectivity index (χ4v) is 8.23. The molecule has 0 aromatic heterocycles. The number of allylic oxidation sites excluding steroid dienone is 2. The minimum absolute atomic E-state index is 0.0684. The van der Waals surface area contributed by atoms with Gasteiger partial charge in [0.1, 0.15) is 11.5 Å². The number of aryl methyl sites for hydroxylation is 1. The summed E-state index contributed by atoms with van der Waals surface area (Å²) in [7, 11) is 1.50. The molecule has 0 radical (unpaired) electrons. The first-order chi connectivity index (χ1) is 21.1. The quantitative estimate of drug-likeness (QED) is 0.296. The molecule has 3 aromatic rings. The monoisotopic (exact) mass is 610 g/mol. The molecule has 1 saturated carbocycles.